The van der Waals surface area contributed by atoms with Crippen molar-refractivity contribution in [1.82, 2.24) is 5.32 Å². The minimum absolute atomic E-state index is 0. The SMILES string of the molecule is Cl.Fc1ccc2sc3c(c2c1)CNCC3. The van der Waals surface area contributed by atoms with Crippen molar-refractivity contribution in [2.75, 3.05) is 6.54 Å². The van der Waals surface area contributed by atoms with Crippen LogP contribution < -0.4 is 5.32 Å². The highest BCUT2D eigenvalue weighted by Gasteiger charge is 2.15. The number of benzene rings is 1. The van der Waals surface area contributed by atoms with Crippen LogP contribution in [0.1, 0.15) is 10.4 Å². The van der Waals surface area contributed by atoms with E-state index < -0.39 is 0 Å². The third-order valence-electron chi connectivity index (χ3n) is 2.67. The molecule has 15 heavy (non-hydrogen) atoms. The summed E-state index contributed by atoms with van der Waals surface area (Å²) in [5.74, 6) is -0.135. The van der Waals surface area contributed by atoms with Gasteiger partial charge in [0.2, 0.25) is 0 Å². The third kappa shape index (κ3) is 1.75. The van der Waals surface area contributed by atoms with E-state index in [4.69, 9.17) is 0 Å². The lowest BCUT2D eigenvalue weighted by molar-refractivity contribution is 0.628. The van der Waals surface area contributed by atoms with Gasteiger partial charge in [-0.1, -0.05) is 0 Å². The highest BCUT2D eigenvalue weighted by molar-refractivity contribution is 7.19. The van der Waals surface area contributed by atoms with Crippen molar-refractivity contribution in [2.24, 2.45) is 0 Å². The lowest BCUT2D eigenvalue weighted by Crippen LogP contribution is -2.22. The number of hydrogen-bond acceptors (Lipinski definition) is 2. The minimum Gasteiger partial charge on any atom is -0.312 e. The molecule has 1 nitrogen and oxygen atoms in total. The van der Waals surface area contributed by atoms with Gasteiger partial charge < -0.3 is 5.32 Å². The number of fused-ring (bicyclic) bond motifs is 3. The molecule has 1 aromatic carbocycles. The monoisotopic (exact) mass is 243 g/mol. The van der Waals surface area contributed by atoms with E-state index in [9.17, 15) is 4.39 Å². The van der Waals surface area contributed by atoms with E-state index in [1.165, 1.54) is 21.2 Å². The summed E-state index contributed by atoms with van der Waals surface area (Å²) in [4.78, 5) is 1.42. The summed E-state index contributed by atoms with van der Waals surface area (Å²) in [6.07, 6.45) is 1.08. The van der Waals surface area contributed by atoms with Gasteiger partial charge in [-0.2, -0.15) is 0 Å². The Morgan fingerprint density at radius 2 is 2.20 bits per heavy atom. The van der Waals surface area contributed by atoms with Gasteiger partial charge in [-0.3, -0.25) is 0 Å². The van der Waals surface area contributed by atoms with Crippen LogP contribution in [0.15, 0.2) is 18.2 Å². The Bertz CT molecular complexity index is 495. The van der Waals surface area contributed by atoms with E-state index in [1.807, 2.05) is 6.07 Å². The van der Waals surface area contributed by atoms with Gasteiger partial charge in [-0.25, -0.2) is 4.39 Å². The van der Waals surface area contributed by atoms with Crippen molar-refractivity contribution >= 4 is 33.8 Å². The maximum atomic E-state index is 13.1. The van der Waals surface area contributed by atoms with Crippen molar-refractivity contribution in [3.8, 4) is 0 Å². The van der Waals surface area contributed by atoms with E-state index in [-0.39, 0.29) is 18.2 Å². The molecule has 2 heterocycles. The van der Waals surface area contributed by atoms with Crippen LogP contribution in [-0.4, -0.2) is 6.54 Å². The van der Waals surface area contributed by atoms with Crippen molar-refractivity contribution in [1.29, 1.82) is 0 Å². The van der Waals surface area contributed by atoms with Crippen molar-refractivity contribution in [2.45, 2.75) is 13.0 Å². The molecule has 1 aromatic heterocycles. The van der Waals surface area contributed by atoms with Gasteiger partial charge in [0.15, 0.2) is 0 Å². The predicted molar refractivity (Wildman–Crippen MR) is 64.4 cm³/mol. The zero-order chi connectivity index (χ0) is 9.54. The Labute approximate surface area is 97.7 Å². The summed E-state index contributed by atoms with van der Waals surface area (Å²) >= 11 is 1.80. The van der Waals surface area contributed by atoms with E-state index in [2.05, 4.69) is 5.32 Å². The van der Waals surface area contributed by atoms with Crippen LogP contribution >= 0.6 is 23.7 Å². The summed E-state index contributed by atoms with van der Waals surface area (Å²) in [5.41, 5.74) is 1.30. The molecule has 0 bridgehead atoms. The molecule has 2 aromatic rings. The molecule has 0 unspecified atom stereocenters. The standard InChI is InChI=1S/C11H10FNS.ClH/c12-7-1-2-10-8(5-7)9-6-13-4-3-11(9)14-10;/h1-2,5,13H,3-4,6H2;1H. The van der Waals surface area contributed by atoms with Gasteiger partial charge >= 0.3 is 0 Å². The molecule has 4 heteroatoms. The topological polar surface area (TPSA) is 12.0 Å². The van der Waals surface area contributed by atoms with Crippen LogP contribution in [0.2, 0.25) is 0 Å². The molecule has 80 valence electrons. The lowest BCUT2D eigenvalue weighted by atomic mass is 10.1. The average molecular weight is 244 g/mol. The number of halogens is 2. The molecular weight excluding hydrogens is 233 g/mol. The maximum absolute atomic E-state index is 13.1. The molecule has 0 atom stereocenters. The first-order valence-electron chi connectivity index (χ1n) is 4.75. The van der Waals surface area contributed by atoms with E-state index in [1.54, 1.807) is 17.4 Å². The first kappa shape index (κ1) is 10.9. The molecule has 0 spiro atoms. The molecule has 3 rings (SSSR count). The van der Waals surface area contributed by atoms with Gasteiger partial charge in [0, 0.05) is 28.1 Å². The second-order valence-electron chi connectivity index (χ2n) is 3.57. The Balaban J connectivity index is 0.000000853. The summed E-state index contributed by atoms with van der Waals surface area (Å²) in [5, 5.41) is 4.42. The largest absolute Gasteiger partial charge is 0.312 e. The van der Waals surface area contributed by atoms with Crippen molar-refractivity contribution < 1.29 is 4.39 Å². The first-order valence-corrected chi connectivity index (χ1v) is 5.57. The second kappa shape index (κ2) is 4.08. The van der Waals surface area contributed by atoms with Crippen LogP contribution in [-0.2, 0) is 13.0 Å². The average Bonchev–Trinajstić information content (AvgIpc) is 2.56. The molecule has 1 aliphatic rings. The molecule has 0 radical (unpaired) electrons. The summed E-state index contributed by atoms with van der Waals surface area (Å²) < 4.78 is 14.3. The summed E-state index contributed by atoms with van der Waals surface area (Å²) in [7, 11) is 0. The van der Waals surface area contributed by atoms with Crippen molar-refractivity contribution in [3.63, 3.8) is 0 Å². The molecule has 0 amide bonds. The Morgan fingerprint density at radius 3 is 3.07 bits per heavy atom. The molecule has 0 fully saturated rings. The van der Waals surface area contributed by atoms with E-state index in [0.717, 1.165) is 24.9 Å². The number of nitrogens with one attached hydrogen (secondary N) is 1. The van der Waals surface area contributed by atoms with Gasteiger partial charge in [-0.15, -0.1) is 23.7 Å². The zero-order valence-corrected chi connectivity index (χ0v) is 9.68. The molecule has 0 saturated heterocycles. The summed E-state index contributed by atoms with van der Waals surface area (Å²) in [6, 6.07) is 5.07. The Kier molecular flexibility index (Phi) is 2.96. The normalized spacial score (nSPS) is 14.7. The first-order chi connectivity index (χ1) is 6.84. The van der Waals surface area contributed by atoms with Crippen LogP contribution in [0.3, 0.4) is 0 Å². The highest BCUT2D eigenvalue weighted by atomic mass is 35.5. The number of thiophene rings is 1. The predicted octanol–water partition coefficient (Wildman–Crippen LogP) is 3.11. The van der Waals surface area contributed by atoms with Crippen LogP contribution in [0.4, 0.5) is 4.39 Å². The third-order valence-corrected chi connectivity index (χ3v) is 3.94. The highest BCUT2D eigenvalue weighted by Crippen LogP contribution is 2.33. The van der Waals surface area contributed by atoms with Crippen LogP contribution in [0.5, 0.6) is 0 Å². The Morgan fingerprint density at radius 1 is 1.33 bits per heavy atom. The second-order valence-corrected chi connectivity index (χ2v) is 4.71. The molecule has 1 aliphatic heterocycles. The van der Waals surface area contributed by atoms with E-state index >= 15 is 0 Å². The van der Waals surface area contributed by atoms with Gasteiger partial charge in [0.05, 0.1) is 0 Å². The quantitative estimate of drug-likeness (QED) is 0.750. The molecule has 0 saturated carbocycles. The molecule has 1 N–H and O–H groups in total. The summed E-state index contributed by atoms with van der Waals surface area (Å²) in [6.45, 7) is 1.93. The zero-order valence-electron chi connectivity index (χ0n) is 8.05. The van der Waals surface area contributed by atoms with Gasteiger partial charge in [0.25, 0.3) is 0 Å². The Hall–Kier alpha value is -0.640. The van der Waals surface area contributed by atoms with E-state index in [0.29, 0.717) is 0 Å². The van der Waals surface area contributed by atoms with Crippen molar-refractivity contribution in [3.05, 3.63) is 34.5 Å². The fourth-order valence-corrected chi connectivity index (χ4v) is 3.19. The maximum Gasteiger partial charge on any atom is 0.123 e. The minimum atomic E-state index is -0.135. The van der Waals surface area contributed by atoms with Crippen LogP contribution in [0, 0.1) is 5.82 Å². The fraction of sp³-hybridized carbons (Fsp3) is 0.273. The molecule has 0 aliphatic carbocycles. The van der Waals surface area contributed by atoms with Gasteiger partial charge in [0.1, 0.15) is 5.82 Å². The number of rotatable bonds is 0. The van der Waals surface area contributed by atoms with Crippen LogP contribution in [0.25, 0.3) is 10.1 Å². The number of hydrogen-bond donors (Lipinski definition) is 1. The lowest BCUT2D eigenvalue weighted by Gasteiger charge is -2.12. The fourth-order valence-electron chi connectivity index (χ4n) is 1.98. The molecular formula is C11H11ClFNS. The van der Waals surface area contributed by atoms with Gasteiger partial charge in [-0.05, 0) is 30.2 Å². The smallest absolute Gasteiger partial charge is 0.123 e.